The maximum atomic E-state index is 14.9. The Labute approximate surface area is 455 Å². The van der Waals surface area contributed by atoms with Crippen molar-refractivity contribution < 1.29 is 104 Å². The Morgan fingerprint density at radius 3 is 1.84 bits per heavy atom. The fraction of sp³-hybridized carbons (Fsp3) is 0.583. The van der Waals surface area contributed by atoms with Crippen LogP contribution in [0.2, 0.25) is 0 Å². The minimum atomic E-state index is -2.29. The molecule has 0 aliphatic carbocycles. The number of amides is 6. The van der Waals surface area contributed by atoms with E-state index in [1.165, 1.54) is 24.3 Å². The molecule has 32 nitrogen and oxygen atoms in total. The lowest BCUT2D eigenvalue weighted by Gasteiger charge is -2.41. The van der Waals surface area contributed by atoms with Crippen LogP contribution >= 0.6 is 0 Å². The summed E-state index contributed by atoms with van der Waals surface area (Å²) in [4.78, 5) is 90.5. The second-order valence-corrected chi connectivity index (χ2v) is 19.8. The molecular weight excluding hydrogens is 1060 g/mol. The van der Waals surface area contributed by atoms with Crippen LogP contribution in [0, 0.1) is 0 Å². The molecule has 0 saturated carbocycles. The molecule has 3 fully saturated rings. The van der Waals surface area contributed by atoms with Gasteiger partial charge in [-0.2, -0.15) is 0 Å². The lowest BCUT2D eigenvalue weighted by Crippen LogP contribution is -2.68. The van der Waals surface area contributed by atoms with Crippen LogP contribution in [-0.4, -0.2) is 263 Å². The van der Waals surface area contributed by atoms with Gasteiger partial charge < -0.3 is 113 Å². The number of hydrogen-bond acceptors (Lipinski definition) is 25. The van der Waals surface area contributed by atoms with E-state index in [1.54, 1.807) is 37.3 Å². The van der Waals surface area contributed by atoms with Gasteiger partial charge in [-0.1, -0.05) is 49.4 Å². The quantitative estimate of drug-likeness (QED) is 0.0781. The van der Waals surface area contributed by atoms with Crippen molar-refractivity contribution in [2.24, 2.45) is 16.5 Å². The van der Waals surface area contributed by atoms with Crippen molar-refractivity contribution in [2.45, 2.75) is 135 Å². The monoisotopic (exact) mass is 1130 g/mol. The molecule has 20 atom stereocenters. The Bertz CT molecular complexity index is 2590. The number of ether oxygens (including phenoxy) is 3. The molecule has 0 bridgehead atoms. The van der Waals surface area contributed by atoms with Gasteiger partial charge in [-0.05, 0) is 23.3 Å². The first kappa shape index (κ1) is 60.7. The van der Waals surface area contributed by atoms with Crippen LogP contribution in [0.1, 0.15) is 24.0 Å². The number of guanidine groups is 2. The number of carbonyl (C=O) groups excluding carboxylic acids is 6. The summed E-state index contributed by atoms with van der Waals surface area (Å²) in [6.07, 6.45) is -21.8. The third kappa shape index (κ3) is 13.6. The normalized spacial score (nSPS) is 35.2. The highest BCUT2D eigenvalue weighted by Gasteiger charge is 2.53. The van der Waals surface area contributed by atoms with Gasteiger partial charge in [0.2, 0.25) is 48.0 Å². The van der Waals surface area contributed by atoms with E-state index in [-0.39, 0.29) is 29.8 Å². The van der Waals surface area contributed by atoms with Crippen molar-refractivity contribution in [3.63, 3.8) is 0 Å². The van der Waals surface area contributed by atoms with E-state index in [9.17, 15) is 84.9 Å². The molecule has 5 aliphatic heterocycles. The number of nitrogens with two attached hydrogens (primary N) is 2. The number of rotatable bonds is 14. The molecule has 3 saturated heterocycles. The topological polar surface area (TPSA) is 516 Å². The van der Waals surface area contributed by atoms with Gasteiger partial charge in [0, 0.05) is 18.9 Å². The molecule has 0 unspecified atom stereocenters. The summed E-state index contributed by atoms with van der Waals surface area (Å²) in [6, 6.07) is 1.41. The average Bonchev–Trinajstić information content (AvgIpc) is 4.07. The van der Waals surface area contributed by atoms with E-state index in [0.29, 0.717) is 5.56 Å². The molecule has 2 aromatic rings. The zero-order chi connectivity index (χ0) is 58.3. The lowest BCUT2D eigenvalue weighted by molar-refractivity contribution is -0.663. The summed E-state index contributed by atoms with van der Waals surface area (Å²) in [6.45, 7) is -2.64. The fourth-order valence-electron chi connectivity index (χ4n) is 9.78. The molecule has 0 radical (unpaired) electrons. The summed E-state index contributed by atoms with van der Waals surface area (Å²) in [7, 11) is 0. The van der Waals surface area contributed by atoms with Crippen LogP contribution in [-0.2, 0) is 44.7 Å². The van der Waals surface area contributed by atoms with Crippen LogP contribution in [0.4, 0.5) is 0 Å². The number of aliphatic hydroxyl groups excluding tert-OH is 11. The zero-order valence-corrected chi connectivity index (χ0v) is 42.8. The molecule has 7 rings (SSSR count). The third-order valence-corrected chi connectivity index (χ3v) is 14.5. The van der Waals surface area contributed by atoms with Crippen LogP contribution in [0.3, 0.4) is 0 Å². The Hall–Kier alpha value is -6.92. The van der Waals surface area contributed by atoms with E-state index in [0.717, 1.165) is 4.58 Å². The summed E-state index contributed by atoms with van der Waals surface area (Å²) in [5, 5.41) is 137. The molecule has 23 N–H and O–H groups in total. The van der Waals surface area contributed by atoms with Crippen LogP contribution in [0.25, 0.3) is 0 Å². The highest BCUT2D eigenvalue weighted by atomic mass is 16.7. The third-order valence-electron chi connectivity index (χ3n) is 14.5. The first-order valence-electron chi connectivity index (χ1n) is 25.5. The largest absolute Gasteiger partial charge is 0.462 e. The van der Waals surface area contributed by atoms with Gasteiger partial charge in [-0.3, -0.25) is 39.8 Å². The standard InChI is InChI=1S/C48H68N12O20/c1-18(20-5-3-2-4-6-20)29-42(75)54-22(11-19-7-9-21(10-8-19)78-46-39(72)37(70)35(68)27(17-63)80-46)41(74)58-30(32(65)23-12-52-47(49)56-23)44(77)59-31(43(76)55-24(15-61)40(73)51-14-28(64)57-29)33(66)25-13-53-48(50)60(25)45-38(71)36(69)34(67)26(16-62)79-45/h2-10,18,22-27,29-39,45-46,61-63,65-72H,11-17H2,1H3,(H11,49,50,51,52,53,54,55,56,57,58,59,64,73,74,75,76,77)/p+1/t18-,22+,23-,24-,25-,26+,27+,29-,30-,31+,32+,33+,34+,35+,36-,37-,38-,39-,45-,46-/m0/s1. The zero-order valence-electron chi connectivity index (χ0n) is 42.8. The highest BCUT2D eigenvalue weighted by Crippen LogP contribution is 2.28. The van der Waals surface area contributed by atoms with Crippen molar-refractivity contribution in [3.8, 4) is 5.75 Å². The van der Waals surface area contributed by atoms with E-state index in [4.69, 9.17) is 25.7 Å². The molecule has 6 amide bonds. The summed E-state index contributed by atoms with van der Waals surface area (Å²) < 4.78 is 17.8. The SMILES string of the molecule is C[C@@H](c1ccccc1)[C@@H]1NC(=O)CNC(=O)[C@H](CO)NC(=O)[C@@H]([C@H](O)[C@@H]2CNC(N)=[N+]2[C@H]2O[C@H](CO)[C@@H](O)[C@H](O)[C@@H]2O)NC(=O)[C@H]([C@H](O)[C@@H]2CNC(N)=N2)NC(=O)[C@@H](Cc2ccc(O[C@H]3O[C@H](CO)[C@@H](O)[C@H](O)[C@@H]3O)cc2)NC1=O. The second kappa shape index (κ2) is 26.6. The van der Waals surface area contributed by atoms with E-state index in [2.05, 4.69) is 47.5 Å². The first-order chi connectivity index (χ1) is 38.1. The summed E-state index contributed by atoms with van der Waals surface area (Å²) >= 11 is 0. The van der Waals surface area contributed by atoms with Crippen molar-refractivity contribution in [3.05, 3.63) is 65.7 Å². The predicted molar refractivity (Wildman–Crippen MR) is 270 cm³/mol. The molecule has 2 aromatic carbocycles. The van der Waals surface area contributed by atoms with Crippen LogP contribution in [0.5, 0.6) is 5.75 Å². The number of carbonyl (C=O) groups is 6. The maximum absolute atomic E-state index is 14.9. The Balaban J connectivity index is 1.26. The first-order valence-corrected chi connectivity index (χ1v) is 25.5. The smallest absolute Gasteiger partial charge is 0.346 e. The minimum Gasteiger partial charge on any atom is -0.462 e. The number of nitrogens with one attached hydrogen (secondary N) is 8. The highest BCUT2D eigenvalue weighted by molar-refractivity contribution is 5.98. The van der Waals surface area contributed by atoms with Gasteiger partial charge in [0.25, 0.3) is 0 Å². The van der Waals surface area contributed by atoms with Gasteiger partial charge in [-0.25, -0.2) is 9.57 Å². The van der Waals surface area contributed by atoms with Gasteiger partial charge in [-0.15, -0.1) is 0 Å². The fourth-order valence-corrected chi connectivity index (χ4v) is 9.78. The molecule has 32 heteroatoms. The summed E-state index contributed by atoms with van der Waals surface area (Å²) in [5.41, 5.74) is 12.9. The minimum absolute atomic E-state index is 0.0176. The number of aliphatic hydroxyl groups is 11. The van der Waals surface area contributed by atoms with Crippen molar-refractivity contribution in [2.75, 3.05) is 39.5 Å². The predicted octanol–water partition coefficient (Wildman–Crippen LogP) is -12.1. The molecule has 80 heavy (non-hydrogen) atoms. The molecule has 5 heterocycles. The molecule has 0 aromatic heterocycles. The van der Waals surface area contributed by atoms with Gasteiger partial charge in [0.05, 0.1) is 32.4 Å². The van der Waals surface area contributed by atoms with Crippen LogP contribution in [0.15, 0.2) is 59.6 Å². The molecular formula is C48H69N12O20+. The molecule has 440 valence electrons. The Kier molecular flexibility index (Phi) is 20.2. The number of nitrogens with zero attached hydrogens (tertiary/aromatic N) is 2. The van der Waals surface area contributed by atoms with Crippen molar-refractivity contribution in [1.82, 2.24) is 42.5 Å². The van der Waals surface area contributed by atoms with Gasteiger partial charge >= 0.3 is 5.96 Å². The average molecular weight is 1130 g/mol. The Morgan fingerprint density at radius 2 is 1.21 bits per heavy atom. The van der Waals surface area contributed by atoms with E-state index in [1.807, 2.05) is 0 Å². The lowest BCUT2D eigenvalue weighted by atomic mass is 9.92. The van der Waals surface area contributed by atoms with E-state index < -0.39 is 197 Å². The molecule has 5 aliphatic rings. The van der Waals surface area contributed by atoms with Crippen molar-refractivity contribution in [1.29, 1.82) is 0 Å². The second-order valence-electron chi connectivity index (χ2n) is 19.8. The van der Waals surface area contributed by atoms with Crippen LogP contribution < -0.4 is 58.7 Å². The number of aliphatic imine (C=N–C) groups is 1. The van der Waals surface area contributed by atoms with Crippen molar-refractivity contribution >= 4 is 47.4 Å². The summed E-state index contributed by atoms with van der Waals surface area (Å²) in [5.74, 6) is -8.47. The van der Waals surface area contributed by atoms with Gasteiger partial charge in [0.15, 0.2) is 5.96 Å². The number of hydrogen-bond donors (Lipinski definition) is 21. The van der Waals surface area contributed by atoms with E-state index >= 15 is 0 Å². The molecule has 0 spiro atoms. The Morgan fingerprint density at radius 1 is 0.625 bits per heavy atom. The van der Waals surface area contributed by atoms with Gasteiger partial charge in [0.1, 0.15) is 110 Å². The number of benzene rings is 2. The maximum Gasteiger partial charge on any atom is 0.346 e.